The summed E-state index contributed by atoms with van der Waals surface area (Å²) in [5.41, 5.74) is 1.36. The minimum atomic E-state index is -0.524. The van der Waals surface area contributed by atoms with Gasteiger partial charge in [-0.1, -0.05) is 36.4 Å². The lowest BCUT2D eigenvalue weighted by atomic mass is 10.1. The highest BCUT2D eigenvalue weighted by Crippen LogP contribution is 2.21. The maximum absolute atomic E-state index is 12.2. The number of hydrogen-bond donors (Lipinski definition) is 2. The number of nitrogens with one attached hydrogen (secondary N) is 2. The third kappa shape index (κ3) is 3.92. The molecule has 0 aliphatic heterocycles. The second kappa shape index (κ2) is 7.02. The number of H-pyrrole nitrogens is 1. The van der Waals surface area contributed by atoms with Gasteiger partial charge in [-0.2, -0.15) is 4.98 Å². The zero-order valence-electron chi connectivity index (χ0n) is 12.3. The summed E-state index contributed by atoms with van der Waals surface area (Å²) in [5, 5.41) is 4.71. The zero-order chi connectivity index (χ0) is 16.1. The summed E-state index contributed by atoms with van der Waals surface area (Å²) in [6, 6.07) is 15.3. The van der Waals surface area contributed by atoms with Crippen LogP contribution in [0.4, 0.5) is 0 Å². The van der Waals surface area contributed by atoms with E-state index in [-0.39, 0.29) is 11.6 Å². The predicted molar refractivity (Wildman–Crippen MR) is 90.6 cm³/mol. The van der Waals surface area contributed by atoms with Crippen LogP contribution in [0.1, 0.15) is 16.1 Å². The van der Waals surface area contributed by atoms with E-state index in [1.807, 2.05) is 47.8 Å². The summed E-state index contributed by atoms with van der Waals surface area (Å²) in [5.74, 6) is -0.343. The van der Waals surface area contributed by atoms with Crippen LogP contribution in [0.5, 0.6) is 0 Å². The van der Waals surface area contributed by atoms with Gasteiger partial charge in [0.15, 0.2) is 0 Å². The number of carbonyl (C=O) groups excluding carboxylic acids is 1. The standard InChI is InChI=1S/C17H15N3O2S/c21-16(18-9-8-12-5-2-1-3-6-12)14-11-13(19-17(22)20-14)15-7-4-10-23-15/h1-7,10-11H,8-9H2,(H,18,21)(H,19,20,22). The molecule has 0 spiro atoms. The molecule has 0 radical (unpaired) electrons. The van der Waals surface area contributed by atoms with E-state index in [2.05, 4.69) is 15.3 Å². The molecule has 0 saturated heterocycles. The minimum absolute atomic E-state index is 0.130. The first kappa shape index (κ1) is 15.2. The van der Waals surface area contributed by atoms with E-state index in [1.54, 1.807) is 6.07 Å². The molecule has 0 unspecified atom stereocenters. The summed E-state index contributed by atoms with van der Waals surface area (Å²) in [7, 11) is 0. The van der Waals surface area contributed by atoms with Gasteiger partial charge in [0.05, 0.1) is 10.6 Å². The monoisotopic (exact) mass is 325 g/mol. The molecule has 0 aliphatic rings. The van der Waals surface area contributed by atoms with Crippen LogP contribution in [-0.2, 0) is 6.42 Å². The molecule has 0 atom stereocenters. The van der Waals surface area contributed by atoms with Crippen molar-refractivity contribution in [2.75, 3.05) is 6.54 Å². The third-order valence-electron chi connectivity index (χ3n) is 3.31. The number of nitrogens with zero attached hydrogens (tertiary/aromatic N) is 1. The summed E-state index contributed by atoms with van der Waals surface area (Å²) in [4.78, 5) is 31.1. The van der Waals surface area contributed by atoms with Crippen molar-refractivity contribution >= 4 is 17.2 Å². The molecular weight excluding hydrogens is 310 g/mol. The molecule has 2 N–H and O–H groups in total. The minimum Gasteiger partial charge on any atom is -0.350 e. The van der Waals surface area contributed by atoms with Crippen LogP contribution in [0.25, 0.3) is 10.6 Å². The van der Waals surface area contributed by atoms with E-state index in [4.69, 9.17) is 0 Å². The molecule has 1 amide bonds. The molecule has 23 heavy (non-hydrogen) atoms. The zero-order valence-corrected chi connectivity index (χ0v) is 13.1. The summed E-state index contributed by atoms with van der Waals surface area (Å²) in [6.45, 7) is 0.492. The van der Waals surface area contributed by atoms with E-state index in [0.717, 1.165) is 16.9 Å². The Balaban J connectivity index is 1.69. The molecule has 3 aromatic rings. The van der Waals surface area contributed by atoms with Crippen LogP contribution in [0.3, 0.4) is 0 Å². The lowest BCUT2D eigenvalue weighted by molar-refractivity contribution is 0.0948. The number of aromatic nitrogens is 2. The number of benzene rings is 1. The fraction of sp³-hybridized carbons (Fsp3) is 0.118. The van der Waals surface area contributed by atoms with Crippen molar-refractivity contribution in [3.8, 4) is 10.6 Å². The first-order valence-electron chi connectivity index (χ1n) is 7.20. The summed E-state index contributed by atoms with van der Waals surface area (Å²) in [6.07, 6.45) is 0.730. The van der Waals surface area contributed by atoms with Crippen LogP contribution in [0.2, 0.25) is 0 Å². The lowest BCUT2D eigenvalue weighted by Crippen LogP contribution is -2.29. The van der Waals surface area contributed by atoms with E-state index in [0.29, 0.717) is 12.2 Å². The maximum Gasteiger partial charge on any atom is 0.346 e. The number of amides is 1. The van der Waals surface area contributed by atoms with Gasteiger partial charge in [-0.25, -0.2) is 4.79 Å². The smallest absolute Gasteiger partial charge is 0.346 e. The normalized spacial score (nSPS) is 10.4. The Hall–Kier alpha value is -2.73. The van der Waals surface area contributed by atoms with Gasteiger partial charge in [-0.15, -0.1) is 11.3 Å². The Morgan fingerprint density at radius 1 is 1.17 bits per heavy atom. The van der Waals surface area contributed by atoms with Crippen LogP contribution >= 0.6 is 11.3 Å². The predicted octanol–water partition coefficient (Wildman–Crippen LogP) is 2.47. The van der Waals surface area contributed by atoms with Crippen molar-refractivity contribution in [3.05, 3.63) is 75.7 Å². The number of thiophene rings is 1. The van der Waals surface area contributed by atoms with Crippen molar-refractivity contribution in [1.29, 1.82) is 0 Å². The molecule has 0 bridgehead atoms. The largest absolute Gasteiger partial charge is 0.350 e. The number of hydrogen-bond acceptors (Lipinski definition) is 4. The number of aromatic amines is 1. The van der Waals surface area contributed by atoms with Gasteiger partial charge < -0.3 is 10.3 Å². The summed E-state index contributed by atoms with van der Waals surface area (Å²) < 4.78 is 0. The highest BCUT2D eigenvalue weighted by atomic mass is 32.1. The Morgan fingerprint density at radius 3 is 2.74 bits per heavy atom. The number of rotatable bonds is 5. The Labute approximate surface area is 137 Å². The Kier molecular flexibility index (Phi) is 4.63. The van der Waals surface area contributed by atoms with E-state index >= 15 is 0 Å². The van der Waals surface area contributed by atoms with Crippen molar-refractivity contribution in [1.82, 2.24) is 15.3 Å². The highest BCUT2D eigenvalue weighted by Gasteiger charge is 2.11. The van der Waals surface area contributed by atoms with E-state index in [1.165, 1.54) is 11.3 Å². The quantitative estimate of drug-likeness (QED) is 0.757. The third-order valence-corrected chi connectivity index (χ3v) is 4.21. The number of carbonyl (C=O) groups is 1. The molecule has 2 heterocycles. The molecule has 5 nitrogen and oxygen atoms in total. The molecule has 0 saturated carbocycles. The van der Waals surface area contributed by atoms with Crippen molar-refractivity contribution < 1.29 is 4.79 Å². The second-order valence-electron chi connectivity index (χ2n) is 4.95. The molecule has 0 aliphatic carbocycles. The van der Waals surface area contributed by atoms with Gasteiger partial charge in [0.1, 0.15) is 5.69 Å². The van der Waals surface area contributed by atoms with Crippen LogP contribution in [0, 0.1) is 0 Å². The fourth-order valence-corrected chi connectivity index (χ4v) is 2.89. The Bertz CT molecular complexity index is 842. The first-order chi connectivity index (χ1) is 11.2. The molecular formula is C17H15N3O2S. The molecule has 3 rings (SSSR count). The van der Waals surface area contributed by atoms with Gasteiger partial charge in [-0.3, -0.25) is 4.79 Å². The molecule has 2 aromatic heterocycles. The van der Waals surface area contributed by atoms with Crippen LogP contribution in [-0.4, -0.2) is 22.4 Å². The van der Waals surface area contributed by atoms with Crippen LogP contribution in [0.15, 0.2) is 58.7 Å². The van der Waals surface area contributed by atoms with E-state index in [9.17, 15) is 9.59 Å². The van der Waals surface area contributed by atoms with Gasteiger partial charge >= 0.3 is 5.69 Å². The van der Waals surface area contributed by atoms with Crippen molar-refractivity contribution in [2.45, 2.75) is 6.42 Å². The SMILES string of the molecule is O=C(NCCc1ccccc1)c1cc(-c2cccs2)[nH]c(=O)n1. The topological polar surface area (TPSA) is 74.8 Å². The van der Waals surface area contributed by atoms with Crippen LogP contribution < -0.4 is 11.0 Å². The molecule has 0 fully saturated rings. The average molecular weight is 325 g/mol. The molecule has 6 heteroatoms. The van der Waals surface area contributed by atoms with Crippen molar-refractivity contribution in [3.63, 3.8) is 0 Å². The maximum atomic E-state index is 12.2. The average Bonchev–Trinajstić information content (AvgIpc) is 3.10. The fourth-order valence-electron chi connectivity index (χ4n) is 2.19. The molecule has 116 valence electrons. The second-order valence-corrected chi connectivity index (χ2v) is 5.90. The van der Waals surface area contributed by atoms with Gasteiger partial charge in [0, 0.05) is 6.54 Å². The van der Waals surface area contributed by atoms with Gasteiger partial charge in [0.2, 0.25) is 0 Å². The first-order valence-corrected chi connectivity index (χ1v) is 8.08. The Morgan fingerprint density at radius 2 is 2.00 bits per heavy atom. The van der Waals surface area contributed by atoms with Gasteiger partial charge in [-0.05, 0) is 29.5 Å². The van der Waals surface area contributed by atoms with E-state index < -0.39 is 5.69 Å². The lowest BCUT2D eigenvalue weighted by Gasteiger charge is -2.06. The highest BCUT2D eigenvalue weighted by molar-refractivity contribution is 7.13. The summed E-state index contributed by atoms with van der Waals surface area (Å²) >= 11 is 1.49. The van der Waals surface area contributed by atoms with Crippen molar-refractivity contribution in [2.24, 2.45) is 0 Å². The van der Waals surface area contributed by atoms with Gasteiger partial charge in [0.25, 0.3) is 5.91 Å². The molecule has 1 aromatic carbocycles.